The second kappa shape index (κ2) is 5.60. The van der Waals surface area contributed by atoms with Crippen molar-refractivity contribution >= 4 is 28.3 Å². The Morgan fingerprint density at radius 3 is 2.50 bits per heavy atom. The quantitative estimate of drug-likeness (QED) is 0.879. The van der Waals surface area contributed by atoms with Gasteiger partial charge in [0.2, 0.25) is 0 Å². The number of nitrogen functional groups attached to an aromatic ring is 1. The highest BCUT2D eigenvalue weighted by Gasteiger charge is 2.31. The zero-order valence-electron chi connectivity index (χ0n) is 12.7. The molecule has 0 bridgehead atoms. The third-order valence-corrected chi connectivity index (χ3v) is 5.08. The molecule has 0 saturated carbocycles. The van der Waals surface area contributed by atoms with Crippen LogP contribution in [0.1, 0.15) is 44.0 Å². The van der Waals surface area contributed by atoms with Gasteiger partial charge in [-0.1, -0.05) is 20.8 Å². The van der Waals surface area contributed by atoms with Gasteiger partial charge in [0.15, 0.2) is 5.82 Å². The first-order chi connectivity index (χ1) is 9.34. The molecular weight excluding hydrogens is 272 g/mol. The van der Waals surface area contributed by atoms with Crippen LogP contribution in [0, 0.1) is 11.3 Å². The molecule has 0 atom stereocenters. The van der Waals surface area contributed by atoms with E-state index in [9.17, 15) is 4.79 Å². The molecule has 0 spiro atoms. The predicted molar refractivity (Wildman–Crippen MR) is 84.3 cm³/mol. The Bertz CT molecular complexity index is 484. The van der Waals surface area contributed by atoms with E-state index in [2.05, 4.69) is 35.4 Å². The maximum absolute atomic E-state index is 11.9. The lowest BCUT2D eigenvalue weighted by Crippen LogP contribution is -2.38. The zero-order valence-corrected chi connectivity index (χ0v) is 13.5. The van der Waals surface area contributed by atoms with Crippen molar-refractivity contribution in [1.82, 2.24) is 9.69 Å². The van der Waals surface area contributed by atoms with Gasteiger partial charge in [-0.2, -0.15) is 4.37 Å². The number of aromatic nitrogens is 1. The monoisotopic (exact) mass is 296 g/mol. The van der Waals surface area contributed by atoms with E-state index in [1.54, 1.807) is 7.05 Å². The van der Waals surface area contributed by atoms with Gasteiger partial charge in [0.05, 0.1) is 0 Å². The number of nitrogens with two attached hydrogens (primary N) is 1. The summed E-state index contributed by atoms with van der Waals surface area (Å²) in [4.78, 5) is 14.2. The van der Waals surface area contributed by atoms with Crippen LogP contribution < -0.4 is 16.0 Å². The number of nitrogens with one attached hydrogen (secondary N) is 1. The van der Waals surface area contributed by atoms with Gasteiger partial charge in [-0.3, -0.25) is 4.79 Å². The van der Waals surface area contributed by atoms with Crippen molar-refractivity contribution in [2.75, 3.05) is 30.8 Å². The maximum atomic E-state index is 11.9. The highest BCUT2D eigenvalue weighted by molar-refractivity contribution is 7.11. The van der Waals surface area contributed by atoms with Crippen molar-refractivity contribution in [3.8, 4) is 0 Å². The molecule has 0 radical (unpaired) electrons. The van der Waals surface area contributed by atoms with E-state index >= 15 is 0 Å². The molecule has 6 heteroatoms. The summed E-state index contributed by atoms with van der Waals surface area (Å²) in [6.07, 6.45) is 2.29. The van der Waals surface area contributed by atoms with Crippen LogP contribution in [-0.2, 0) is 0 Å². The van der Waals surface area contributed by atoms with Crippen LogP contribution in [0.15, 0.2) is 0 Å². The zero-order chi connectivity index (χ0) is 14.9. The molecule has 1 amide bonds. The third kappa shape index (κ3) is 2.90. The SMILES string of the molecule is CNC(=O)c1c(N)nsc1N1CCC(C(C)(C)C)CC1. The number of hydrogen-bond acceptors (Lipinski definition) is 5. The summed E-state index contributed by atoms with van der Waals surface area (Å²) in [7, 11) is 1.62. The summed E-state index contributed by atoms with van der Waals surface area (Å²) in [5, 5.41) is 3.55. The Hall–Kier alpha value is -1.30. The van der Waals surface area contributed by atoms with Gasteiger partial charge < -0.3 is 16.0 Å². The smallest absolute Gasteiger partial charge is 0.257 e. The predicted octanol–water partition coefficient (Wildman–Crippen LogP) is 2.35. The second-order valence-electron chi connectivity index (χ2n) is 6.45. The third-order valence-electron chi connectivity index (χ3n) is 4.16. The van der Waals surface area contributed by atoms with Gasteiger partial charge in [-0.05, 0) is 35.7 Å². The lowest BCUT2D eigenvalue weighted by atomic mass is 9.75. The lowest BCUT2D eigenvalue weighted by molar-refractivity contribution is 0.0964. The van der Waals surface area contributed by atoms with Crippen molar-refractivity contribution in [2.45, 2.75) is 33.6 Å². The largest absolute Gasteiger partial charge is 0.382 e. The van der Waals surface area contributed by atoms with E-state index in [4.69, 9.17) is 5.73 Å². The van der Waals surface area contributed by atoms with Crippen molar-refractivity contribution in [3.63, 3.8) is 0 Å². The Morgan fingerprint density at radius 1 is 1.40 bits per heavy atom. The Labute approximate surface area is 124 Å². The van der Waals surface area contributed by atoms with E-state index in [0.29, 0.717) is 16.8 Å². The number of hydrogen-bond donors (Lipinski definition) is 2. The van der Waals surface area contributed by atoms with Crippen molar-refractivity contribution in [1.29, 1.82) is 0 Å². The molecule has 1 fully saturated rings. The van der Waals surface area contributed by atoms with Crippen LogP contribution in [0.3, 0.4) is 0 Å². The summed E-state index contributed by atoms with van der Waals surface area (Å²) < 4.78 is 4.15. The molecule has 0 aliphatic carbocycles. The van der Waals surface area contributed by atoms with Gasteiger partial charge in [-0.15, -0.1) is 0 Å². The molecule has 1 saturated heterocycles. The number of anilines is 2. The van der Waals surface area contributed by atoms with E-state index in [-0.39, 0.29) is 5.91 Å². The summed E-state index contributed by atoms with van der Waals surface area (Å²) in [6, 6.07) is 0. The van der Waals surface area contributed by atoms with Crippen molar-refractivity contribution in [2.24, 2.45) is 11.3 Å². The van der Waals surface area contributed by atoms with Crippen molar-refractivity contribution in [3.05, 3.63) is 5.56 Å². The minimum atomic E-state index is -0.149. The lowest BCUT2D eigenvalue weighted by Gasteiger charge is -2.39. The molecule has 1 aromatic rings. The number of nitrogens with zero attached hydrogens (tertiary/aromatic N) is 2. The molecule has 1 aliphatic heterocycles. The van der Waals surface area contributed by atoms with E-state index in [1.165, 1.54) is 11.5 Å². The van der Waals surface area contributed by atoms with Gasteiger partial charge in [0.25, 0.3) is 5.91 Å². The molecule has 5 nitrogen and oxygen atoms in total. The van der Waals surface area contributed by atoms with E-state index in [1.807, 2.05) is 0 Å². The average molecular weight is 296 g/mol. The number of carbonyl (C=O) groups is 1. The fourth-order valence-electron chi connectivity index (χ4n) is 2.80. The van der Waals surface area contributed by atoms with Crippen molar-refractivity contribution < 1.29 is 4.79 Å². The molecule has 20 heavy (non-hydrogen) atoms. The number of piperidine rings is 1. The number of carbonyl (C=O) groups excluding carboxylic acids is 1. The first kappa shape index (κ1) is 15.1. The molecule has 3 N–H and O–H groups in total. The van der Waals surface area contributed by atoms with Gasteiger partial charge in [-0.25, -0.2) is 0 Å². The molecule has 0 unspecified atom stereocenters. The Kier molecular flexibility index (Phi) is 4.22. The van der Waals surface area contributed by atoms with Crippen LogP contribution in [0.2, 0.25) is 0 Å². The standard InChI is InChI=1S/C14H24N4OS/c1-14(2,3)9-5-7-18(8-6-9)13-10(12(19)16-4)11(15)17-20-13/h9H,5-8H2,1-4H3,(H2,15,17)(H,16,19). The van der Waals surface area contributed by atoms with Crippen LogP contribution in [0.4, 0.5) is 10.8 Å². The number of amides is 1. The average Bonchev–Trinajstić information content (AvgIpc) is 2.79. The van der Waals surface area contributed by atoms with E-state index in [0.717, 1.165) is 36.9 Å². The molecule has 1 aliphatic rings. The highest BCUT2D eigenvalue weighted by Crippen LogP contribution is 2.38. The summed E-state index contributed by atoms with van der Waals surface area (Å²) in [5.74, 6) is 0.916. The first-order valence-corrected chi connectivity index (χ1v) is 7.84. The Balaban J connectivity index is 2.14. The topological polar surface area (TPSA) is 71.2 Å². The normalized spacial score (nSPS) is 17.3. The summed E-state index contributed by atoms with van der Waals surface area (Å²) >= 11 is 1.33. The molecule has 112 valence electrons. The number of rotatable bonds is 2. The summed E-state index contributed by atoms with van der Waals surface area (Å²) in [6.45, 7) is 8.83. The molecule has 1 aromatic heterocycles. The molecule has 0 aromatic carbocycles. The molecule has 2 rings (SSSR count). The maximum Gasteiger partial charge on any atom is 0.257 e. The minimum absolute atomic E-state index is 0.149. The second-order valence-corrected chi connectivity index (χ2v) is 7.21. The van der Waals surface area contributed by atoms with E-state index < -0.39 is 0 Å². The fourth-order valence-corrected chi connectivity index (χ4v) is 3.66. The molecular formula is C14H24N4OS. The fraction of sp³-hybridized carbons (Fsp3) is 0.714. The van der Waals surface area contributed by atoms with Crippen LogP contribution >= 0.6 is 11.5 Å². The van der Waals surface area contributed by atoms with Crippen LogP contribution in [0.5, 0.6) is 0 Å². The summed E-state index contributed by atoms with van der Waals surface area (Å²) in [5.41, 5.74) is 6.72. The van der Waals surface area contributed by atoms with Gasteiger partial charge in [0.1, 0.15) is 10.6 Å². The Morgan fingerprint density at radius 2 is 2.00 bits per heavy atom. The van der Waals surface area contributed by atoms with Crippen LogP contribution in [0.25, 0.3) is 0 Å². The highest BCUT2D eigenvalue weighted by atomic mass is 32.1. The minimum Gasteiger partial charge on any atom is -0.382 e. The first-order valence-electron chi connectivity index (χ1n) is 7.06. The molecule has 2 heterocycles. The van der Waals surface area contributed by atoms with Gasteiger partial charge >= 0.3 is 0 Å². The van der Waals surface area contributed by atoms with Crippen LogP contribution in [-0.4, -0.2) is 30.4 Å². The van der Waals surface area contributed by atoms with Gasteiger partial charge in [0, 0.05) is 20.1 Å².